The molecule has 1 atom stereocenters. The van der Waals surface area contributed by atoms with Crippen molar-refractivity contribution in [1.82, 2.24) is 5.32 Å². The maximum atomic E-state index is 12.8. The van der Waals surface area contributed by atoms with Crippen molar-refractivity contribution in [2.75, 3.05) is 13.2 Å². The highest BCUT2D eigenvalue weighted by atomic mass is 19.4. The minimum absolute atomic E-state index is 0.00780. The highest BCUT2D eigenvalue weighted by Crippen LogP contribution is 2.34. The first-order valence-electron chi connectivity index (χ1n) is 5.64. The Balaban J connectivity index is 2.67. The second-order valence-electron chi connectivity index (χ2n) is 3.93. The van der Waals surface area contributed by atoms with Gasteiger partial charge in [0.2, 0.25) is 0 Å². The molecule has 0 aromatic heterocycles. The molecule has 7 heteroatoms. The topological polar surface area (TPSA) is 64.3 Å². The average Bonchev–Trinajstić information content (AvgIpc) is 2.33. The van der Waals surface area contributed by atoms with E-state index in [0.29, 0.717) is 0 Å². The van der Waals surface area contributed by atoms with Crippen molar-refractivity contribution in [3.63, 3.8) is 0 Å². The number of amides is 1. The average molecular weight is 276 g/mol. The Morgan fingerprint density at radius 2 is 2.05 bits per heavy atom. The monoisotopic (exact) mass is 276 g/mol. The molecular weight excluding hydrogens is 261 g/mol. The van der Waals surface area contributed by atoms with E-state index in [0.717, 1.165) is 6.07 Å². The Bertz CT molecular complexity index is 435. The Morgan fingerprint density at radius 1 is 1.42 bits per heavy atom. The maximum Gasteiger partial charge on any atom is 0.416 e. The smallest absolute Gasteiger partial charge is 0.416 e. The second-order valence-corrected chi connectivity index (χ2v) is 3.93. The summed E-state index contributed by atoms with van der Waals surface area (Å²) in [6.07, 6.45) is -5.30. The van der Waals surface area contributed by atoms with Gasteiger partial charge in [0.1, 0.15) is 6.61 Å². The van der Waals surface area contributed by atoms with Gasteiger partial charge in [-0.05, 0) is 18.6 Å². The lowest BCUT2D eigenvalue weighted by Crippen LogP contribution is -2.27. The Labute approximate surface area is 108 Å². The summed E-state index contributed by atoms with van der Waals surface area (Å²) in [4.78, 5) is 10.3. The summed E-state index contributed by atoms with van der Waals surface area (Å²) in [5, 5.41) is 2.83. The lowest BCUT2D eigenvalue weighted by molar-refractivity contribution is -0.138. The summed E-state index contributed by atoms with van der Waals surface area (Å²) in [6, 6.07) is 4.81. The van der Waals surface area contributed by atoms with Crippen LogP contribution in [0.25, 0.3) is 0 Å². The third-order valence-corrected chi connectivity index (χ3v) is 2.53. The molecule has 0 spiro atoms. The molecule has 106 valence electrons. The SMILES string of the molecule is CC(NCCOC(N)=O)c1ccccc1C(F)(F)F. The first kappa shape index (κ1) is 15.3. The molecule has 0 aliphatic carbocycles. The molecule has 1 aromatic rings. The number of hydrogen-bond donors (Lipinski definition) is 2. The first-order chi connectivity index (χ1) is 8.82. The van der Waals surface area contributed by atoms with Crippen molar-refractivity contribution < 1.29 is 22.7 Å². The molecule has 0 saturated heterocycles. The Kier molecular flexibility index (Phi) is 5.17. The van der Waals surface area contributed by atoms with E-state index in [2.05, 4.69) is 10.1 Å². The van der Waals surface area contributed by atoms with Gasteiger partial charge >= 0.3 is 12.3 Å². The van der Waals surface area contributed by atoms with E-state index in [1.165, 1.54) is 12.1 Å². The number of rotatable bonds is 5. The molecule has 0 aliphatic heterocycles. The fraction of sp³-hybridized carbons (Fsp3) is 0.417. The van der Waals surface area contributed by atoms with E-state index in [4.69, 9.17) is 5.73 Å². The van der Waals surface area contributed by atoms with Crippen LogP contribution in [0, 0.1) is 0 Å². The van der Waals surface area contributed by atoms with E-state index in [1.54, 1.807) is 13.0 Å². The molecule has 1 unspecified atom stereocenters. The summed E-state index contributed by atoms with van der Waals surface area (Å²) in [5.74, 6) is 0. The van der Waals surface area contributed by atoms with Gasteiger partial charge in [0, 0.05) is 12.6 Å². The third-order valence-electron chi connectivity index (χ3n) is 2.53. The highest BCUT2D eigenvalue weighted by molar-refractivity contribution is 5.64. The number of nitrogens with one attached hydrogen (secondary N) is 1. The van der Waals surface area contributed by atoms with Crippen molar-refractivity contribution in [3.8, 4) is 0 Å². The normalized spacial score (nSPS) is 13.1. The van der Waals surface area contributed by atoms with Crippen molar-refractivity contribution in [1.29, 1.82) is 0 Å². The van der Waals surface area contributed by atoms with Crippen LogP contribution in [0.1, 0.15) is 24.1 Å². The molecule has 0 radical (unpaired) electrons. The number of halogens is 3. The van der Waals surface area contributed by atoms with Crippen LogP contribution >= 0.6 is 0 Å². The molecule has 3 N–H and O–H groups in total. The molecule has 4 nitrogen and oxygen atoms in total. The summed E-state index contributed by atoms with van der Waals surface area (Å²) in [5.41, 5.74) is 4.24. The predicted octanol–water partition coefficient (Wildman–Crippen LogP) is 2.45. The molecular formula is C12H15F3N2O2. The standard InChI is InChI=1S/C12H15F3N2O2/c1-8(17-6-7-19-11(16)18)9-4-2-3-5-10(9)12(13,14)15/h2-5,8,17H,6-7H2,1H3,(H2,16,18). The number of carbonyl (C=O) groups excluding carboxylic acids is 1. The lowest BCUT2D eigenvalue weighted by Gasteiger charge is -2.19. The first-order valence-corrected chi connectivity index (χ1v) is 5.64. The van der Waals surface area contributed by atoms with Gasteiger partial charge in [-0.25, -0.2) is 4.79 Å². The number of ether oxygens (including phenoxy) is 1. The van der Waals surface area contributed by atoms with Crippen molar-refractivity contribution in [3.05, 3.63) is 35.4 Å². The van der Waals surface area contributed by atoms with Crippen LogP contribution in [0.15, 0.2) is 24.3 Å². The van der Waals surface area contributed by atoms with Gasteiger partial charge in [0.05, 0.1) is 5.56 Å². The van der Waals surface area contributed by atoms with Gasteiger partial charge in [0.25, 0.3) is 0 Å². The number of primary amides is 1. The highest BCUT2D eigenvalue weighted by Gasteiger charge is 2.33. The summed E-state index contributed by atoms with van der Waals surface area (Å²) >= 11 is 0. The molecule has 0 bridgehead atoms. The van der Waals surface area contributed by atoms with E-state index in [1.807, 2.05) is 0 Å². The molecule has 1 rings (SSSR count). The van der Waals surface area contributed by atoms with E-state index in [9.17, 15) is 18.0 Å². The van der Waals surface area contributed by atoms with Gasteiger partial charge < -0.3 is 15.8 Å². The Morgan fingerprint density at radius 3 is 2.63 bits per heavy atom. The lowest BCUT2D eigenvalue weighted by atomic mass is 10.0. The van der Waals surface area contributed by atoms with E-state index >= 15 is 0 Å². The largest absolute Gasteiger partial charge is 0.448 e. The number of nitrogens with two attached hydrogens (primary N) is 1. The molecule has 1 aromatic carbocycles. The van der Waals surface area contributed by atoms with Crippen LogP contribution in [0.2, 0.25) is 0 Å². The van der Waals surface area contributed by atoms with Crippen molar-refractivity contribution >= 4 is 6.09 Å². The van der Waals surface area contributed by atoms with Gasteiger partial charge in [-0.1, -0.05) is 18.2 Å². The van der Waals surface area contributed by atoms with Gasteiger partial charge in [0.15, 0.2) is 0 Å². The third kappa shape index (κ3) is 4.78. The minimum atomic E-state index is -4.39. The summed E-state index contributed by atoms with van der Waals surface area (Å²) < 4.78 is 42.8. The molecule has 19 heavy (non-hydrogen) atoms. The van der Waals surface area contributed by atoms with E-state index < -0.39 is 23.9 Å². The summed E-state index contributed by atoms with van der Waals surface area (Å²) in [6.45, 7) is 1.83. The number of carbonyl (C=O) groups is 1. The van der Waals surface area contributed by atoms with Crippen LogP contribution in [-0.2, 0) is 10.9 Å². The van der Waals surface area contributed by atoms with Crippen LogP contribution in [0.5, 0.6) is 0 Å². The van der Waals surface area contributed by atoms with Crippen LogP contribution < -0.4 is 11.1 Å². The minimum Gasteiger partial charge on any atom is -0.448 e. The Hall–Kier alpha value is -1.76. The van der Waals surface area contributed by atoms with Crippen molar-refractivity contribution in [2.24, 2.45) is 5.73 Å². The van der Waals surface area contributed by atoms with E-state index in [-0.39, 0.29) is 18.7 Å². The molecule has 0 aliphatic rings. The maximum absolute atomic E-state index is 12.8. The molecule has 0 heterocycles. The van der Waals surface area contributed by atoms with Gasteiger partial charge in [-0.2, -0.15) is 13.2 Å². The fourth-order valence-corrected chi connectivity index (χ4v) is 1.67. The number of benzene rings is 1. The zero-order valence-electron chi connectivity index (χ0n) is 10.3. The van der Waals surface area contributed by atoms with Gasteiger partial charge in [-0.15, -0.1) is 0 Å². The van der Waals surface area contributed by atoms with Crippen LogP contribution in [0.4, 0.5) is 18.0 Å². The van der Waals surface area contributed by atoms with Gasteiger partial charge in [-0.3, -0.25) is 0 Å². The number of hydrogen-bond acceptors (Lipinski definition) is 3. The second kappa shape index (κ2) is 6.42. The predicted molar refractivity (Wildman–Crippen MR) is 63.4 cm³/mol. The van der Waals surface area contributed by atoms with Crippen LogP contribution in [-0.4, -0.2) is 19.2 Å². The molecule has 0 saturated carbocycles. The summed E-state index contributed by atoms with van der Waals surface area (Å²) in [7, 11) is 0. The number of alkyl halides is 3. The fourth-order valence-electron chi connectivity index (χ4n) is 1.67. The zero-order chi connectivity index (χ0) is 14.5. The zero-order valence-corrected chi connectivity index (χ0v) is 10.3. The molecule has 0 fully saturated rings. The quantitative estimate of drug-likeness (QED) is 0.812. The van der Waals surface area contributed by atoms with Crippen LogP contribution in [0.3, 0.4) is 0 Å². The van der Waals surface area contributed by atoms with Crippen molar-refractivity contribution in [2.45, 2.75) is 19.1 Å². The molecule has 1 amide bonds.